The van der Waals surface area contributed by atoms with Crippen LogP contribution in [0.3, 0.4) is 0 Å². The van der Waals surface area contributed by atoms with Gasteiger partial charge in [-0.15, -0.1) is 0 Å². The average molecular weight is 997 g/mol. The van der Waals surface area contributed by atoms with Crippen molar-refractivity contribution >= 4 is 23.9 Å². The predicted molar refractivity (Wildman–Crippen MR) is 270 cm³/mol. The first-order valence-corrected chi connectivity index (χ1v) is 23.1. The van der Waals surface area contributed by atoms with Crippen molar-refractivity contribution in [1.29, 1.82) is 0 Å². The van der Waals surface area contributed by atoms with Gasteiger partial charge in [0, 0.05) is 35.1 Å². The van der Waals surface area contributed by atoms with Gasteiger partial charge in [-0.25, -0.2) is 19.2 Å². The van der Waals surface area contributed by atoms with Gasteiger partial charge in [-0.05, 0) is 70.8 Å². The van der Waals surface area contributed by atoms with E-state index >= 15 is 0 Å². The fraction of sp³-hybridized carbons (Fsp3) is 0.357. The summed E-state index contributed by atoms with van der Waals surface area (Å²) in [6, 6.07) is 31.1. The summed E-state index contributed by atoms with van der Waals surface area (Å²) in [5, 5.41) is 19.7. The lowest BCUT2D eigenvalue weighted by atomic mass is 9.78. The fourth-order valence-electron chi connectivity index (χ4n) is 6.32. The van der Waals surface area contributed by atoms with Gasteiger partial charge in [-0.2, -0.15) is 0 Å². The molecule has 4 rings (SSSR count). The molecule has 0 heterocycles. The van der Waals surface area contributed by atoms with Crippen molar-refractivity contribution in [3.8, 4) is 23.0 Å². The maximum absolute atomic E-state index is 11.0. The van der Waals surface area contributed by atoms with Gasteiger partial charge in [0.05, 0.1) is 26.4 Å². The molecule has 16 heteroatoms. The Morgan fingerprint density at radius 2 is 0.639 bits per heavy atom. The van der Waals surface area contributed by atoms with Gasteiger partial charge in [0.2, 0.25) is 0 Å². The highest BCUT2D eigenvalue weighted by atomic mass is 16.6. The predicted octanol–water partition coefficient (Wildman–Crippen LogP) is 7.21. The van der Waals surface area contributed by atoms with Crippen molar-refractivity contribution in [3.63, 3.8) is 0 Å². The molecule has 0 radical (unpaired) electrons. The highest BCUT2D eigenvalue weighted by Gasteiger charge is 2.25. The van der Waals surface area contributed by atoms with Crippen LogP contribution in [0.1, 0.15) is 49.9 Å². The molecular weight excluding hydrogens is 929 g/mol. The van der Waals surface area contributed by atoms with Crippen molar-refractivity contribution in [2.45, 2.75) is 50.7 Å². The first kappa shape index (κ1) is 59.1. The first-order valence-electron chi connectivity index (χ1n) is 23.1. The van der Waals surface area contributed by atoms with Crippen LogP contribution in [-0.4, -0.2) is 126 Å². The molecule has 0 aliphatic carbocycles. The quantitative estimate of drug-likeness (QED) is 0.0215. The summed E-state index contributed by atoms with van der Waals surface area (Å²) in [5.74, 6) is 0.558. The number of rotatable bonds is 32. The molecular formula is C56H68O16. The number of hydrogen-bond donors (Lipinski definition) is 2. The molecule has 4 aromatic carbocycles. The van der Waals surface area contributed by atoms with E-state index in [1.54, 1.807) is 0 Å². The minimum Gasteiger partial charge on any atom is -0.491 e. The van der Waals surface area contributed by atoms with E-state index in [9.17, 15) is 29.4 Å². The number of benzene rings is 4. The van der Waals surface area contributed by atoms with Crippen LogP contribution in [0.2, 0.25) is 0 Å². The Morgan fingerprint density at radius 3 is 0.917 bits per heavy atom. The Hall–Kier alpha value is -7.24. The highest BCUT2D eigenvalue weighted by Crippen LogP contribution is 2.35. The molecule has 2 N–H and O–H groups in total. The zero-order valence-corrected chi connectivity index (χ0v) is 41.6. The average Bonchev–Trinajstić information content (AvgIpc) is 3.40. The number of aliphatic hydroxyl groups is 2. The Balaban J connectivity index is 0.000000381. The van der Waals surface area contributed by atoms with E-state index in [-0.39, 0.29) is 50.5 Å². The number of carbonyl (C=O) groups is 4. The summed E-state index contributed by atoms with van der Waals surface area (Å²) < 4.78 is 52.6. The van der Waals surface area contributed by atoms with Gasteiger partial charge in [0.25, 0.3) is 0 Å². The van der Waals surface area contributed by atoms with Crippen molar-refractivity contribution in [1.82, 2.24) is 0 Å². The second-order valence-electron chi connectivity index (χ2n) is 16.6. The summed E-state index contributed by atoms with van der Waals surface area (Å²) in [5.41, 5.74) is 3.89. The monoisotopic (exact) mass is 996 g/mol. The number of esters is 4. The van der Waals surface area contributed by atoms with Crippen molar-refractivity contribution in [2.24, 2.45) is 0 Å². The van der Waals surface area contributed by atoms with Gasteiger partial charge < -0.3 is 57.6 Å². The van der Waals surface area contributed by atoms with Crippen molar-refractivity contribution < 1.29 is 76.8 Å². The zero-order valence-electron chi connectivity index (χ0n) is 41.6. The summed E-state index contributed by atoms with van der Waals surface area (Å²) >= 11 is 0. The van der Waals surface area contributed by atoms with Crippen LogP contribution < -0.4 is 18.9 Å². The summed E-state index contributed by atoms with van der Waals surface area (Å²) in [6.07, 6.45) is 2.41. The van der Waals surface area contributed by atoms with Crippen LogP contribution in [0, 0.1) is 0 Å². The molecule has 0 aliphatic rings. The minimum absolute atomic E-state index is 0.0139. The molecule has 2 unspecified atom stereocenters. The molecule has 16 nitrogen and oxygen atoms in total. The van der Waals surface area contributed by atoms with Gasteiger partial charge in [-0.1, -0.05) is 103 Å². The van der Waals surface area contributed by atoms with Gasteiger partial charge in [-0.3, -0.25) is 0 Å². The smallest absolute Gasteiger partial charge is 0.330 e. The fourth-order valence-corrected chi connectivity index (χ4v) is 6.32. The van der Waals surface area contributed by atoms with Crippen LogP contribution in [-0.2, 0) is 58.4 Å². The first-order chi connectivity index (χ1) is 34.5. The van der Waals surface area contributed by atoms with Gasteiger partial charge in [0.1, 0.15) is 88.1 Å². The summed E-state index contributed by atoms with van der Waals surface area (Å²) in [7, 11) is 0. The molecule has 4 aromatic rings. The molecule has 0 fully saturated rings. The molecule has 2 atom stereocenters. The third-order valence-corrected chi connectivity index (χ3v) is 10.6. The molecule has 0 aromatic heterocycles. The van der Waals surface area contributed by atoms with E-state index in [0.29, 0.717) is 51.1 Å². The van der Waals surface area contributed by atoms with Crippen LogP contribution in [0.4, 0.5) is 0 Å². The standard InChI is InChI=1S/C29H36O8.C27H32O8/c1-5-27(30)36-21-17-32-15-19-34-25-11-7-23(8-12-25)29(3,4)24-9-13-26(14-10-24)35-20-16-33-18-22-37-28(31)6-2;1-5-25(30)34-17-21(28)15-32-23-11-7-19(8-12-23)27(3,4)20-9-13-24(14-10-20)33-16-22(29)18-35-26(31)6-2/h5-14H,1-2,15-22H2,3-4H3;5-14,21-22,28-29H,1-2,15-18H2,3-4H3. The van der Waals surface area contributed by atoms with E-state index < -0.39 is 36.1 Å². The largest absolute Gasteiger partial charge is 0.491 e. The SMILES string of the molecule is C=CC(=O)OCC(O)COc1ccc(C(C)(C)c2ccc(OCC(O)COC(=O)C=C)cc2)cc1.C=CC(=O)OCCOCCOc1ccc(C(C)(C)c2ccc(OCCOCCOC(=O)C=C)cc2)cc1. The minimum atomic E-state index is -0.945. The van der Waals surface area contributed by atoms with Crippen LogP contribution in [0.15, 0.2) is 148 Å². The van der Waals surface area contributed by atoms with Crippen molar-refractivity contribution in [2.75, 3.05) is 79.3 Å². The Morgan fingerprint density at radius 1 is 0.389 bits per heavy atom. The van der Waals surface area contributed by atoms with Gasteiger partial charge >= 0.3 is 23.9 Å². The number of hydrogen-bond acceptors (Lipinski definition) is 16. The maximum Gasteiger partial charge on any atom is 0.330 e. The van der Waals surface area contributed by atoms with Crippen molar-refractivity contribution in [3.05, 3.63) is 170 Å². The molecule has 0 saturated heterocycles. The van der Waals surface area contributed by atoms with E-state index in [2.05, 4.69) is 78.3 Å². The topological polar surface area (TPSA) is 201 Å². The second kappa shape index (κ2) is 31.9. The lowest BCUT2D eigenvalue weighted by Crippen LogP contribution is -2.25. The highest BCUT2D eigenvalue weighted by molar-refractivity contribution is 5.82. The molecule has 72 heavy (non-hydrogen) atoms. The molecule has 0 amide bonds. The normalized spacial score (nSPS) is 11.8. The van der Waals surface area contributed by atoms with E-state index in [1.165, 1.54) is 0 Å². The van der Waals surface area contributed by atoms with Crippen LogP contribution >= 0.6 is 0 Å². The lowest BCUT2D eigenvalue weighted by Gasteiger charge is -2.26. The molecule has 388 valence electrons. The zero-order chi connectivity index (χ0) is 52.8. The third kappa shape index (κ3) is 21.8. The third-order valence-electron chi connectivity index (χ3n) is 10.6. The van der Waals surface area contributed by atoms with E-state index in [1.807, 2.05) is 72.8 Å². The number of ether oxygens (including phenoxy) is 10. The lowest BCUT2D eigenvalue weighted by molar-refractivity contribution is -0.142. The Bertz CT molecular complexity index is 2130. The molecule has 0 saturated carbocycles. The van der Waals surface area contributed by atoms with E-state index in [4.69, 9.17) is 47.4 Å². The number of aliphatic hydroxyl groups excluding tert-OH is 2. The Kier molecular flexibility index (Phi) is 26.2. The van der Waals surface area contributed by atoms with E-state index in [0.717, 1.165) is 58.1 Å². The summed E-state index contributed by atoms with van der Waals surface area (Å²) in [6.45, 7) is 24.0. The molecule has 0 spiro atoms. The molecule has 0 bridgehead atoms. The number of carbonyl (C=O) groups excluding carboxylic acids is 4. The van der Waals surface area contributed by atoms with Gasteiger partial charge in [0.15, 0.2) is 0 Å². The maximum atomic E-state index is 11.0. The van der Waals surface area contributed by atoms with Crippen LogP contribution in [0.25, 0.3) is 0 Å². The molecule has 0 aliphatic heterocycles. The Labute approximate surface area is 422 Å². The summed E-state index contributed by atoms with van der Waals surface area (Å²) in [4.78, 5) is 44.0. The van der Waals surface area contributed by atoms with Crippen LogP contribution in [0.5, 0.6) is 23.0 Å². The second-order valence-corrected chi connectivity index (χ2v) is 16.6.